The number of amides is 1. The second-order valence-electron chi connectivity index (χ2n) is 13.0. The van der Waals surface area contributed by atoms with Gasteiger partial charge in [-0.15, -0.1) is 11.3 Å². The Bertz CT molecular complexity index is 1360. The van der Waals surface area contributed by atoms with Crippen LogP contribution in [0.15, 0.2) is 11.6 Å². The summed E-state index contributed by atoms with van der Waals surface area (Å²) in [5.41, 5.74) is 1.80. The van der Waals surface area contributed by atoms with E-state index >= 15 is 0 Å². The van der Waals surface area contributed by atoms with Gasteiger partial charge in [0.05, 0.1) is 35.4 Å². The maximum Gasteiger partial charge on any atom is 0.226 e. The molecule has 1 saturated heterocycles. The summed E-state index contributed by atoms with van der Waals surface area (Å²) in [6.45, 7) is 15.1. The van der Waals surface area contributed by atoms with Crippen LogP contribution in [0.4, 0.5) is 5.82 Å². The Labute approximate surface area is 264 Å². The van der Waals surface area contributed by atoms with Crippen molar-refractivity contribution >= 4 is 45.7 Å². The fourth-order valence-electron chi connectivity index (χ4n) is 6.38. The van der Waals surface area contributed by atoms with Gasteiger partial charge >= 0.3 is 0 Å². The molecule has 10 nitrogen and oxygen atoms in total. The number of thiazole rings is 1. The Morgan fingerprint density at radius 2 is 1.86 bits per heavy atom. The number of piperazine rings is 1. The minimum Gasteiger partial charge on any atom is -0.383 e. The predicted molar refractivity (Wildman–Crippen MR) is 173 cm³/mol. The molecule has 12 heteroatoms. The lowest BCUT2D eigenvalue weighted by atomic mass is 9.80. The first-order valence-corrected chi connectivity index (χ1v) is 17.0. The van der Waals surface area contributed by atoms with E-state index in [1.54, 1.807) is 18.4 Å². The first-order valence-electron chi connectivity index (χ1n) is 15.8. The molecule has 0 bridgehead atoms. The Kier molecular flexibility index (Phi) is 10.6. The quantitative estimate of drug-likeness (QED) is 0.269. The zero-order valence-electron chi connectivity index (χ0n) is 26.4. The van der Waals surface area contributed by atoms with Gasteiger partial charge in [-0.25, -0.2) is 9.67 Å². The molecule has 43 heavy (non-hydrogen) atoms. The molecule has 0 spiro atoms. The lowest BCUT2D eigenvalue weighted by molar-refractivity contribution is -0.137. The molecule has 236 valence electrons. The van der Waals surface area contributed by atoms with Crippen LogP contribution in [0.25, 0.3) is 11.0 Å². The van der Waals surface area contributed by atoms with Gasteiger partial charge in [-0.2, -0.15) is 15.1 Å². The average Bonchev–Trinajstić information content (AvgIpc) is 3.61. The van der Waals surface area contributed by atoms with Crippen molar-refractivity contribution in [2.75, 3.05) is 57.9 Å². The summed E-state index contributed by atoms with van der Waals surface area (Å²) < 4.78 is 7.20. The van der Waals surface area contributed by atoms with Gasteiger partial charge in [-0.05, 0) is 76.8 Å². The second kappa shape index (κ2) is 14.2. The fraction of sp³-hybridized carbons (Fsp3) is 0.710. The van der Waals surface area contributed by atoms with Gasteiger partial charge in [-0.1, -0.05) is 6.92 Å². The van der Waals surface area contributed by atoms with Crippen LogP contribution in [0.2, 0.25) is 5.28 Å². The number of aryl methyl sites for hydroxylation is 1. The summed E-state index contributed by atoms with van der Waals surface area (Å²) in [6.07, 6.45) is 8.07. The minimum atomic E-state index is 0.114. The molecule has 3 aromatic heterocycles. The molecular formula is C31H47ClN8O2S. The number of aromatic nitrogens is 5. The van der Waals surface area contributed by atoms with Crippen LogP contribution < -0.4 is 4.90 Å². The third kappa shape index (κ3) is 7.85. The van der Waals surface area contributed by atoms with E-state index in [1.807, 2.05) is 10.9 Å². The molecule has 3 aromatic rings. The monoisotopic (exact) mass is 630 g/mol. The molecule has 4 heterocycles. The van der Waals surface area contributed by atoms with Gasteiger partial charge in [0.25, 0.3) is 0 Å². The van der Waals surface area contributed by atoms with Crippen LogP contribution in [0.3, 0.4) is 0 Å². The van der Waals surface area contributed by atoms with E-state index in [-0.39, 0.29) is 16.7 Å². The molecule has 0 unspecified atom stereocenters. The van der Waals surface area contributed by atoms with Crippen molar-refractivity contribution in [3.63, 3.8) is 0 Å². The van der Waals surface area contributed by atoms with E-state index in [0.717, 1.165) is 80.1 Å². The molecule has 0 N–H and O–H groups in total. The lowest BCUT2D eigenvalue weighted by Crippen LogP contribution is -2.51. The number of ether oxygens (including phenoxy) is 1. The molecule has 1 amide bonds. The number of carbonyl (C=O) groups is 1. The van der Waals surface area contributed by atoms with Gasteiger partial charge in [0, 0.05) is 63.2 Å². The summed E-state index contributed by atoms with van der Waals surface area (Å²) in [4.78, 5) is 34.2. The van der Waals surface area contributed by atoms with Crippen LogP contribution in [-0.4, -0.2) is 99.0 Å². The van der Waals surface area contributed by atoms with E-state index in [1.165, 1.54) is 0 Å². The van der Waals surface area contributed by atoms with E-state index in [9.17, 15) is 4.79 Å². The molecule has 0 aromatic carbocycles. The normalized spacial score (nSPS) is 20.0. The highest BCUT2D eigenvalue weighted by atomic mass is 35.5. The maximum absolute atomic E-state index is 13.5. The first-order chi connectivity index (χ1) is 20.7. The Morgan fingerprint density at radius 1 is 1.12 bits per heavy atom. The Balaban J connectivity index is 1.16. The van der Waals surface area contributed by atoms with E-state index in [0.29, 0.717) is 50.2 Å². The fourth-order valence-corrected chi connectivity index (χ4v) is 7.43. The molecule has 0 atom stereocenters. The lowest BCUT2D eigenvalue weighted by Gasteiger charge is -2.41. The highest BCUT2D eigenvalue weighted by Crippen LogP contribution is 2.33. The van der Waals surface area contributed by atoms with Crippen molar-refractivity contribution in [3.05, 3.63) is 27.6 Å². The van der Waals surface area contributed by atoms with Crippen molar-refractivity contribution in [1.29, 1.82) is 0 Å². The van der Waals surface area contributed by atoms with Crippen LogP contribution in [-0.2, 0) is 22.5 Å². The minimum absolute atomic E-state index is 0.114. The Morgan fingerprint density at radius 3 is 2.53 bits per heavy atom. The summed E-state index contributed by atoms with van der Waals surface area (Å²) in [7, 11) is 1.77. The molecule has 5 rings (SSSR count). The summed E-state index contributed by atoms with van der Waals surface area (Å²) in [6, 6.07) is 0. The molecule has 1 saturated carbocycles. The van der Waals surface area contributed by atoms with Crippen molar-refractivity contribution in [1.82, 2.24) is 34.5 Å². The van der Waals surface area contributed by atoms with Crippen LogP contribution >= 0.6 is 22.9 Å². The van der Waals surface area contributed by atoms with Gasteiger partial charge in [0.2, 0.25) is 11.2 Å². The smallest absolute Gasteiger partial charge is 0.226 e. The van der Waals surface area contributed by atoms with Gasteiger partial charge in [-0.3, -0.25) is 9.69 Å². The zero-order chi connectivity index (χ0) is 30.6. The molecular weight excluding hydrogens is 584 g/mol. The van der Waals surface area contributed by atoms with Crippen molar-refractivity contribution in [3.8, 4) is 0 Å². The number of halogens is 1. The van der Waals surface area contributed by atoms with Gasteiger partial charge < -0.3 is 14.5 Å². The van der Waals surface area contributed by atoms with Crippen LogP contribution in [0.5, 0.6) is 0 Å². The molecule has 1 aliphatic heterocycles. The third-order valence-electron chi connectivity index (χ3n) is 8.90. The number of hydrogen-bond acceptors (Lipinski definition) is 9. The average molecular weight is 631 g/mol. The maximum atomic E-state index is 13.5. The van der Waals surface area contributed by atoms with Crippen molar-refractivity contribution < 1.29 is 9.53 Å². The predicted octanol–water partition coefficient (Wildman–Crippen LogP) is 5.14. The standard InChI is InChI=1S/C31H47ClN8O2S/c1-6-7-26-34-24(21-43-26)20-40-28-25(18-33-40)27(35-30(32)36-28)37-12-14-38(15-13-37)29(41)23-10-8-22(9-11-23)19-39(16-17-42-5)31(2,3)4/h18,21-23H,6-17,19-20H2,1-5H3/t22-,23-. The number of methoxy groups -OCH3 is 1. The number of rotatable bonds is 11. The van der Waals surface area contributed by atoms with Crippen molar-refractivity contribution in [2.24, 2.45) is 11.8 Å². The summed E-state index contributed by atoms with van der Waals surface area (Å²) >= 11 is 8.11. The van der Waals surface area contributed by atoms with Gasteiger partial charge in [0.1, 0.15) is 5.82 Å². The van der Waals surface area contributed by atoms with Gasteiger partial charge in [0.15, 0.2) is 5.65 Å². The summed E-state index contributed by atoms with van der Waals surface area (Å²) in [5, 5.41) is 8.94. The molecule has 1 aliphatic carbocycles. The molecule has 2 aliphatic rings. The number of carbonyl (C=O) groups excluding carboxylic acids is 1. The number of nitrogens with zero attached hydrogens (tertiary/aromatic N) is 8. The Hall–Kier alpha value is -2.34. The highest BCUT2D eigenvalue weighted by molar-refractivity contribution is 7.09. The summed E-state index contributed by atoms with van der Waals surface area (Å²) in [5.74, 6) is 1.87. The van der Waals surface area contributed by atoms with Crippen molar-refractivity contribution in [2.45, 2.75) is 78.3 Å². The zero-order valence-corrected chi connectivity index (χ0v) is 28.0. The first kappa shape index (κ1) is 32.1. The number of anilines is 1. The molecule has 2 fully saturated rings. The topological polar surface area (TPSA) is 92.5 Å². The number of fused-ring (bicyclic) bond motifs is 1. The third-order valence-corrected chi connectivity index (χ3v) is 10.0. The van der Waals surface area contributed by atoms with E-state index in [2.05, 4.69) is 62.8 Å². The largest absolute Gasteiger partial charge is 0.383 e. The van der Waals surface area contributed by atoms with Crippen LogP contribution in [0.1, 0.15) is 70.5 Å². The second-order valence-corrected chi connectivity index (χ2v) is 14.3. The van der Waals surface area contributed by atoms with Crippen LogP contribution in [0, 0.1) is 11.8 Å². The van der Waals surface area contributed by atoms with E-state index < -0.39 is 0 Å². The molecule has 0 radical (unpaired) electrons. The number of hydrogen-bond donors (Lipinski definition) is 0. The highest BCUT2D eigenvalue weighted by Gasteiger charge is 2.33. The van der Waals surface area contributed by atoms with E-state index in [4.69, 9.17) is 21.3 Å². The SMILES string of the molecule is CCCc1nc(Cn2ncc3c(N4CCN(C(=O)[C@H]5CC[C@H](CN(CCOC)C(C)(C)C)CC5)CC4)nc(Cl)nc32)cs1.